The molecule has 3 nitrogen and oxygen atoms in total. The van der Waals surface area contributed by atoms with Gasteiger partial charge in [-0.15, -0.1) is 0 Å². The molecule has 106 valence electrons. The Morgan fingerprint density at radius 1 is 1.26 bits per heavy atom. The number of halogens is 2. The van der Waals surface area contributed by atoms with Crippen molar-refractivity contribution in [1.82, 2.24) is 0 Å². The van der Waals surface area contributed by atoms with Crippen LogP contribution < -0.4 is 9.47 Å². The third kappa shape index (κ3) is 3.26. The molecule has 0 aromatic heterocycles. The van der Waals surface area contributed by atoms with Gasteiger partial charge in [-0.1, -0.05) is 15.9 Å². The second kappa shape index (κ2) is 6.46. The summed E-state index contributed by atoms with van der Waals surface area (Å²) in [6.45, 7) is 2.89. The first-order chi connectivity index (χ1) is 9.06. The van der Waals surface area contributed by atoms with Crippen LogP contribution in [0.1, 0.15) is 23.7 Å². The predicted molar refractivity (Wildman–Crippen MR) is 82.4 cm³/mol. The molecule has 1 aromatic rings. The highest BCUT2D eigenvalue weighted by atomic mass is 79.9. The average molecular weight is 394 g/mol. The van der Waals surface area contributed by atoms with Gasteiger partial charge in [0.15, 0.2) is 0 Å². The Bertz CT molecular complexity index is 451. The number of methoxy groups -OCH3 is 2. The smallest absolute Gasteiger partial charge is 0.133 e. The fourth-order valence-electron chi connectivity index (χ4n) is 2.41. The van der Waals surface area contributed by atoms with Crippen LogP contribution in [0.2, 0.25) is 0 Å². The lowest BCUT2D eigenvalue weighted by molar-refractivity contribution is 0.120. The van der Waals surface area contributed by atoms with Gasteiger partial charge in [-0.05, 0) is 41.4 Å². The van der Waals surface area contributed by atoms with Gasteiger partial charge >= 0.3 is 0 Å². The minimum Gasteiger partial charge on any atom is -0.496 e. The van der Waals surface area contributed by atoms with Gasteiger partial charge in [0.25, 0.3) is 0 Å². The molecule has 0 radical (unpaired) electrons. The van der Waals surface area contributed by atoms with E-state index in [0.29, 0.717) is 12.0 Å². The molecule has 0 bridgehead atoms. The van der Waals surface area contributed by atoms with Crippen LogP contribution >= 0.6 is 31.9 Å². The summed E-state index contributed by atoms with van der Waals surface area (Å²) < 4.78 is 17.4. The first-order valence-corrected chi connectivity index (χ1v) is 7.94. The monoisotopic (exact) mass is 392 g/mol. The molecule has 1 aliphatic heterocycles. The lowest BCUT2D eigenvalue weighted by Gasteiger charge is -2.20. The molecule has 2 rings (SSSR count). The normalized spacial score (nSPS) is 24.3. The molecule has 0 aliphatic carbocycles. The Kier molecular flexibility index (Phi) is 5.15. The van der Waals surface area contributed by atoms with E-state index in [1.54, 1.807) is 14.2 Å². The highest BCUT2D eigenvalue weighted by molar-refractivity contribution is 9.10. The van der Waals surface area contributed by atoms with E-state index in [1.165, 1.54) is 0 Å². The van der Waals surface area contributed by atoms with E-state index >= 15 is 0 Å². The second-order valence-corrected chi connectivity index (χ2v) is 6.61. The molecule has 1 fully saturated rings. The van der Waals surface area contributed by atoms with Gasteiger partial charge in [0.1, 0.15) is 11.5 Å². The van der Waals surface area contributed by atoms with Crippen molar-refractivity contribution in [1.29, 1.82) is 0 Å². The SMILES string of the molecule is COc1cc(C(Br)C2COC(C)C2)c(OC)cc1Br. The third-order valence-corrected chi connectivity index (χ3v) is 5.31. The molecular weight excluding hydrogens is 376 g/mol. The van der Waals surface area contributed by atoms with Crippen LogP contribution in [0.15, 0.2) is 16.6 Å². The maximum absolute atomic E-state index is 5.65. The molecule has 0 saturated carbocycles. The fraction of sp³-hybridized carbons (Fsp3) is 0.571. The lowest BCUT2D eigenvalue weighted by Crippen LogP contribution is -2.09. The van der Waals surface area contributed by atoms with E-state index in [0.717, 1.165) is 34.6 Å². The van der Waals surface area contributed by atoms with Crippen molar-refractivity contribution < 1.29 is 14.2 Å². The minimum absolute atomic E-state index is 0.203. The lowest BCUT2D eigenvalue weighted by atomic mass is 9.96. The van der Waals surface area contributed by atoms with Crippen molar-refractivity contribution in [2.24, 2.45) is 5.92 Å². The van der Waals surface area contributed by atoms with Gasteiger partial charge in [-0.25, -0.2) is 0 Å². The van der Waals surface area contributed by atoms with Crippen LogP contribution in [0.3, 0.4) is 0 Å². The van der Waals surface area contributed by atoms with Crippen molar-refractivity contribution in [3.63, 3.8) is 0 Å². The molecule has 1 aromatic carbocycles. The Balaban J connectivity index is 2.31. The van der Waals surface area contributed by atoms with Crippen LogP contribution in [0.4, 0.5) is 0 Å². The Morgan fingerprint density at radius 2 is 1.95 bits per heavy atom. The maximum Gasteiger partial charge on any atom is 0.133 e. The molecule has 19 heavy (non-hydrogen) atoms. The number of ether oxygens (including phenoxy) is 3. The van der Waals surface area contributed by atoms with Crippen LogP contribution in [0, 0.1) is 5.92 Å². The average Bonchev–Trinajstić information content (AvgIpc) is 2.84. The van der Waals surface area contributed by atoms with Gasteiger partial charge in [0.05, 0.1) is 31.4 Å². The topological polar surface area (TPSA) is 27.7 Å². The van der Waals surface area contributed by atoms with E-state index in [9.17, 15) is 0 Å². The Hall–Kier alpha value is -0.260. The number of alkyl halides is 1. The fourth-order valence-corrected chi connectivity index (χ4v) is 3.62. The van der Waals surface area contributed by atoms with Gasteiger partial charge in [0, 0.05) is 16.3 Å². The van der Waals surface area contributed by atoms with Crippen molar-refractivity contribution in [2.45, 2.75) is 24.3 Å². The predicted octanol–water partition coefficient (Wildman–Crippen LogP) is 4.33. The highest BCUT2D eigenvalue weighted by Gasteiger charge is 2.31. The zero-order valence-electron chi connectivity index (χ0n) is 11.3. The summed E-state index contributed by atoms with van der Waals surface area (Å²) in [5, 5.41) is 0. The summed E-state index contributed by atoms with van der Waals surface area (Å²) in [6.07, 6.45) is 1.38. The Morgan fingerprint density at radius 3 is 2.47 bits per heavy atom. The molecule has 0 spiro atoms. The molecule has 3 atom stereocenters. The maximum atomic E-state index is 5.65. The zero-order valence-corrected chi connectivity index (χ0v) is 14.5. The highest BCUT2D eigenvalue weighted by Crippen LogP contribution is 2.44. The van der Waals surface area contributed by atoms with E-state index in [-0.39, 0.29) is 4.83 Å². The second-order valence-electron chi connectivity index (χ2n) is 4.77. The van der Waals surface area contributed by atoms with E-state index in [4.69, 9.17) is 14.2 Å². The van der Waals surface area contributed by atoms with Gasteiger partial charge < -0.3 is 14.2 Å². The van der Waals surface area contributed by atoms with E-state index in [2.05, 4.69) is 38.8 Å². The number of hydrogen-bond acceptors (Lipinski definition) is 3. The molecule has 1 aliphatic rings. The summed E-state index contributed by atoms with van der Waals surface area (Å²) in [7, 11) is 3.35. The van der Waals surface area contributed by atoms with Crippen molar-refractivity contribution in [2.75, 3.05) is 20.8 Å². The number of rotatable bonds is 4. The van der Waals surface area contributed by atoms with Crippen LogP contribution in [0.25, 0.3) is 0 Å². The summed E-state index contributed by atoms with van der Waals surface area (Å²) in [5.74, 6) is 2.12. The molecular formula is C14H18Br2O3. The summed E-state index contributed by atoms with van der Waals surface area (Å²) in [4.78, 5) is 0.203. The molecule has 3 unspecified atom stereocenters. The Labute approximate surface area is 130 Å². The van der Waals surface area contributed by atoms with Crippen LogP contribution in [-0.4, -0.2) is 26.9 Å². The summed E-state index contributed by atoms with van der Waals surface area (Å²) in [6, 6.07) is 3.97. The largest absolute Gasteiger partial charge is 0.496 e. The number of hydrogen-bond donors (Lipinski definition) is 0. The van der Waals surface area contributed by atoms with Gasteiger partial charge in [-0.2, -0.15) is 0 Å². The van der Waals surface area contributed by atoms with Gasteiger partial charge in [-0.3, -0.25) is 0 Å². The molecule has 1 heterocycles. The molecule has 5 heteroatoms. The minimum atomic E-state index is 0.203. The van der Waals surface area contributed by atoms with Crippen LogP contribution in [-0.2, 0) is 4.74 Å². The van der Waals surface area contributed by atoms with E-state index in [1.807, 2.05) is 12.1 Å². The quantitative estimate of drug-likeness (QED) is 0.712. The zero-order chi connectivity index (χ0) is 14.0. The van der Waals surface area contributed by atoms with Gasteiger partial charge in [0.2, 0.25) is 0 Å². The van der Waals surface area contributed by atoms with Crippen molar-refractivity contribution in [3.8, 4) is 11.5 Å². The standard InChI is InChI=1S/C14H18Br2O3/c1-8-4-9(7-19-8)14(16)10-5-13(18-3)11(15)6-12(10)17-2/h5-6,8-9,14H,4,7H2,1-3H3. The van der Waals surface area contributed by atoms with Crippen LogP contribution in [0.5, 0.6) is 11.5 Å². The van der Waals surface area contributed by atoms with E-state index < -0.39 is 0 Å². The molecule has 0 N–H and O–H groups in total. The summed E-state index contributed by atoms with van der Waals surface area (Å²) >= 11 is 7.27. The third-order valence-electron chi connectivity index (χ3n) is 3.44. The number of benzene rings is 1. The molecule has 1 saturated heterocycles. The molecule has 0 amide bonds. The van der Waals surface area contributed by atoms with Crippen molar-refractivity contribution in [3.05, 3.63) is 22.2 Å². The first-order valence-electron chi connectivity index (χ1n) is 6.24. The first kappa shape index (κ1) is 15.1. The van der Waals surface area contributed by atoms with Crippen molar-refractivity contribution >= 4 is 31.9 Å². The summed E-state index contributed by atoms with van der Waals surface area (Å²) in [5.41, 5.74) is 1.10.